The molecule has 1 aliphatic rings. The molecule has 3 N–H and O–H groups in total. The van der Waals surface area contributed by atoms with E-state index < -0.39 is 0 Å². The Bertz CT molecular complexity index is 302. The summed E-state index contributed by atoms with van der Waals surface area (Å²) in [5, 5.41) is 3.49. The van der Waals surface area contributed by atoms with E-state index in [1.807, 2.05) is 0 Å². The summed E-state index contributed by atoms with van der Waals surface area (Å²) in [5.41, 5.74) is 7.74. The Morgan fingerprint density at radius 3 is 2.44 bits per heavy atom. The number of rotatable bonds is 4. The number of nitrogens with two attached hydrogens (primary N) is 1. The van der Waals surface area contributed by atoms with E-state index in [4.69, 9.17) is 5.73 Å². The second-order valence-corrected chi connectivity index (χ2v) is 5.01. The average Bonchev–Trinajstić information content (AvgIpc) is 2.31. The van der Waals surface area contributed by atoms with Crippen LogP contribution in [-0.2, 0) is 6.54 Å². The summed E-state index contributed by atoms with van der Waals surface area (Å²) in [5.74, 6) is 0. The van der Waals surface area contributed by atoms with Gasteiger partial charge in [0.25, 0.3) is 0 Å². The smallest absolute Gasteiger partial charge is 0.0280 e. The Morgan fingerprint density at radius 1 is 1.06 bits per heavy atom. The lowest BCUT2D eigenvalue weighted by Gasteiger charge is -2.33. The Morgan fingerprint density at radius 2 is 1.75 bits per heavy atom. The highest BCUT2D eigenvalue weighted by atomic mass is 14.9. The van der Waals surface area contributed by atoms with Crippen LogP contribution >= 0.6 is 0 Å². The minimum absolute atomic E-state index is 0.0486. The van der Waals surface area contributed by atoms with Crippen LogP contribution in [0.2, 0.25) is 0 Å². The van der Waals surface area contributed by atoms with Crippen molar-refractivity contribution in [2.24, 2.45) is 5.73 Å². The van der Waals surface area contributed by atoms with Crippen LogP contribution in [0.5, 0.6) is 0 Å². The summed E-state index contributed by atoms with van der Waals surface area (Å²) >= 11 is 0. The first-order valence-electron chi connectivity index (χ1n) is 6.32. The second-order valence-electron chi connectivity index (χ2n) is 5.01. The van der Waals surface area contributed by atoms with Gasteiger partial charge >= 0.3 is 0 Å². The summed E-state index contributed by atoms with van der Waals surface area (Å²) in [6.45, 7) is 1.88. The van der Waals surface area contributed by atoms with Gasteiger partial charge in [0, 0.05) is 18.6 Å². The SMILES string of the molecule is NC1(CNCc2ccccc2)CCCCC1. The van der Waals surface area contributed by atoms with Crippen LogP contribution < -0.4 is 11.1 Å². The molecule has 0 saturated heterocycles. The van der Waals surface area contributed by atoms with E-state index in [1.54, 1.807) is 0 Å². The molecule has 1 saturated carbocycles. The fourth-order valence-corrected chi connectivity index (χ4v) is 2.48. The summed E-state index contributed by atoms with van der Waals surface area (Å²) in [4.78, 5) is 0. The standard InChI is InChI=1S/C14H22N2/c15-14(9-5-2-6-10-14)12-16-11-13-7-3-1-4-8-13/h1,3-4,7-8,16H,2,5-6,9-12,15H2. The molecule has 1 aromatic rings. The van der Waals surface area contributed by atoms with Gasteiger partial charge in [0.05, 0.1) is 0 Å². The van der Waals surface area contributed by atoms with Crippen LogP contribution in [0.3, 0.4) is 0 Å². The Labute approximate surface area is 98.2 Å². The highest BCUT2D eigenvalue weighted by Gasteiger charge is 2.26. The molecule has 88 valence electrons. The van der Waals surface area contributed by atoms with E-state index in [9.17, 15) is 0 Å². The van der Waals surface area contributed by atoms with Gasteiger partial charge in [-0.2, -0.15) is 0 Å². The van der Waals surface area contributed by atoms with Gasteiger partial charge in [0.2, 0.25) is 0 Å². The molecule has 0 heterocycles. The molecule has 2 nitrogen and oxygen atoms in total. The van der Waals surface area contributed by atoms with Crippen LogP contribution in [0.1, 0.15) is 37.7 Å². The third kappa shape index (κ3) is 3.32. The zero-order chi connectivity index (χ0) is 11.3. The largest absolute Gasteiger partial charge is 0.324 e. The first-order chi connectivity index (χ1) is 7.79. The molecule has 2 heteroatoms. The van der Waals surface area contributed by atoms with Gasteiger partial charge in [-0.1, -0.05) is 49.6 Å². The van der Waals surface area contributed by atoms with Gasteiger partial charge in [-0.15, -0.1) is 0 Å². The molecule has 1 aromatic carbocycles. The van der Waals surface area contributed by atoms with Crippen LogP contribution in [0.15, 0.2) is 30.3 Å². The van der Waals surface area contributed by atoms with Crippen molar-refractivity contribution in [1.82, 2.24) is 5.32 Å². The van der Waals surface area contributed by atoms with Crippen molar-refractivity contribution in [3.63, 3.8) is 0 Å². The fraction of sp³-hybridized carbons (Fsp3) is 0.571. The van der Waals surface area contributed by atoms with E-state index in [2.05, 4.69) is 35.6 Å². The lowest BCUT2D eigenvalue weighted by atomic mass is 9.82. The lowest BCUT2D eigenvalue weighted by Crippen LogP contribution is -2.49. The highest BCUT2D eigenvalue weighted by Crippen LogP contribution is 2.25. The molecule has 2 rings (SSSR count). The van der Waals surface area contributed by atoms with Crippen molar-refractivity contribution in [3.8, 4) is 0 Å². The number of benzene rings is 1. The first-order valence-corrected chi connectivity index (χ1v) is 6.32. The quantitative estimate of drug-likeness (QED) is 0.814. The zero-order valence-corrected chi connectivity index (χ0v) is 9.91. The van der Waals surface area contributed by atoms with E-state index in [0.717, 1.165) is 13.1 Å². The average molecular weight is 218 g/mol. The molecule has 0 aliphatic heterocycles. The van der Waals surface area contributed by atoms with Gasteiger partial charge in [0.15, 0.2) is 0 Å². The Hall–Kier alpha value is -0.860. The molecule has 0 amide bonds. The van der Waals surface area contributed by atoms with Gasteiger partial charge in [-0.05, 0) is 18.4 Å². The Kier molecular flexibility index (Phi) is 3.97. The molecule has 1 aliphatic carbocycles. The third-order valence-electron chi connectivity index (χ3n) is 3.50. The summed E-state index contributed by atoms with van der Waals surface area (Å²) in [6.07, 6.45) is 6.30. The molecule has 0 aromatic heterocycles. The van der Waals surface area contributed by atoms with Crippen LogP contribution in [0, 0.1) is 0 Å². The fourth-order valence-electron chi connectivity index (χ4n) is 2.48. The predicted molar refractivity (Wildman–Crippen MR) is 68.2 cm³/mol. The maximum Gasteiger partial charge on any atom is 0.0280 e. The van der Waals surface area contributed by atoms with E-state index in [-0.39, 0.29) is 5.54 Å². The first kappa shape index (κ1) is 11.6. The van der Waals surface area contributed by atoms with E-state index in [0.29, 0.717) is 0 Å². The van der Waals surface area contributed by atoms with Crippen LogP contribution in [0.25, 0.3) is 0 Å². The highest BCUT2D eigenvalue weighted by molar-refractivity contribution is 5.14. The van der Waals surface area contributed by atoms with Crippen molar-refractivity contribution in [1.29, 1.82) is 0 Å². The topological polar surface area (TPSA) is 38.0 Å². The molecule has 0 bridgehead atoms. The van der Waals surface area contributed by atoms with Crippen molar-refractivity contribution in [2.45, 2.75) is 44.2 Å². The van der Waals surface area contributed by atoms with Crippen molar-refractivity contribution in [2.75, 3.05) is 6.54 Å². The molecule has 0 atom stereocenters. The molecule has 1 fully saturated rings. The maximum absolute atomic E-state index is 6.36. The summed E-state index contributed by atoms with van der Waals surface area (Å²) < 4.78 is 0. The van der Waals surface area contributed by atoms with Gasteiger partial charge < -0.3 is 11.1 Å². The molecule has 16 heavy (non-hydrogen) atoms. The van der Waals surface area contributed by atoms with Crippen molar-refractivity contribution >= 4 is 0 Å². The van der Waals surface area contributed by atoms with Crippen LogP contribution in [-0.4, -0.2) is 12.1 Å². The lowest BCUT2D eigenvalue weighted by molar-refractivity contribution is 0.283. The molecule has 0 radical (unpaired) electrons. The van der Waals surface area contributed by atoms with Crippen molar-refractivity contribution in [3.05, 3.63) is 35.9 Å². The normalized spacial score (nSPS) is 19.6. The molecular formula is C14H22N2. The van der Waals surface area contributed by atoms with E-state index >= 15 is 0 Å². The minimum atomic E-state index is 0.0486. The van der Waals surface area contributed by atoms with Gasteiger partial charge in [-0.25, -0.2) is 0 Å². The maximum atomic E-state index is 6.36. The molecule has 0 unspecified atom stereocenters. The Balaban J connectivity index is 1.75. The van der Waals surface area contributed by atoms with Crippen LogP contribution in [0.4, 0.5) is 0 Å². The minimum Gasteiger partial charge on any atom is -0.324 e. The predicted octanol–water partition coefficient (Wildman–Crippen LogP) is 2.44. The van der Waals surface area contributed by atoms with Gasteiger partial charge in [0.1, 0.15) is 0 Å². The van der Waals surface area contributed by atoms with Gasteiger partial charge in [-0.3, -0.25) is 0 Å². The molecular weight excluding hydrogens is 196 g/mol. The third-order valence-corrected chi connectivity index (χ3v) is 3.50. The monoisotopic (exact) mass is 218 g/mol. The molecule has 0 spiro atoms. The number of hydrogen-bond acceptors (Lipinski definition) is 2. The summed E-state index contributed by atoms with van der Waals surface area (Å²) in [7, 11) is 0. The summed E-state index contributed by atoms with van der Waals surface area (Å²) in [6, 6.07) is 10.5. The zero-order valence-electron chi connectivity index (χ0n) is 9.91. The van der Waals surface area contributed by atoms with Crippen molar-refractivity contribution < 1.29 is 0 Å². The number of nitrogens with one attached hydrogen (secondary N) is 1. The van der Waals surface area contributed by atoms with E-state index in [1.165, 1.54) is 37.7 Å². The second kappa shape index (κ2) is 5.46. The number of hydrogen-bond donors (Lipinski definition) is 2.